The fourth-order valence-electron chi connectivity index (χ4n) is 2.17. The number of amides is 2. The molecule has 1 fully saturated rings. The number of furan rings is 1. The van der Waals surface area contributed by atoms with Crippen molar-refractivity contribution < 1.29 is 18.4 Å². The maximum atomic E-state index is 12.9. The Hall–Kier alpha value is -2.11. The summed E-state index contributed by atoms with van der Waals surface area (Å²) in [5.41, 5.74) is 0.474. The van der Waals surface area contributed by atoms with Gasteiger partial charge in [0.25, 0.3) is 11.8 Å². The number of nitrogens with zero attached hydrogens (tertiary/aromatic N) is 2. The third-order valence-corrected chi connectivity index (χ3v) is 3.18. The van der Waals surface area contributed by atoms with Crippen LogP contribution in [0.2, 0.25) is 0 Å². The van der Waals surface area contributed by atoms with Gasteiger partial charge in [0.2, 0.25) is 0 Å². The van der Waals surface area contributed by atoms with Crippen molar-refractivity contribution in [2.24, 2.45) is 0 Å². The molecule has 0 bridgehead atoms. The quantitative estimate of drug-likeness (QED) is 0.761. The first kappa shape index (κ1) is 13.3. The van der Waals surface area contributed by atoms with Gasteiger partial charge >= 0.3 is 0 Å². The van der Waals surface area contributed by atoms with Gasteiger partial charge in [-0.1, -0.05) is 6.58 Å². The molecule has 1 aromatic rings. The summed E-state index contributed by atoms with van der Waals surface area (Å²) in [6, 6.07) is 1.35. The van der Waals surface area contributed by atoms with Gasteiger partial charge in [-0.3, -0.25) is 9.59 Å². The summed E-state index contributed by atoms with van der Waals surface area (Å²) in [6.45, 7) is 5.81. The smallest absolute Gasteiger partial charge is 0.282 e. The van der Waals surface area contributed by atoms with Crippen LogP contribution in [0.5, 0.6) is 0 Å². The average Bonchev–Trinajstić information content (AvgIpc) is 2.90. The van der Waals surface area contributed by atoms with Gasteiger partial charge in [-0.25, -0.2) is 4.39 Å². The van der Waals surface area contributed by atoms with E-state index in [-0.39, 0.29) is 11.9 Å². The van der Waals surface area contributed by atoms with Crippen molar-refractivity contribution in [3.63, 3.8) is 0 Å². The number of halogens is 1. The van der Waals surface area contributed by atoms with E-state index in [0.717, 1.165) is 0 Å². The van der Waals surface area contributed by atoms with E-state index in [1.165, 1.54) is 17.4 Å². The third kappa shape index (κ3) is 2.67. The van der Waals surface area contributed by atoms with Gasteiger partial charge in [0, 0.05) is 25.7 Å². The molecule has 0 saturated carbocycles. The molecule has 0 aliphatic carbocycles. The van der Waals surface area contributed by atoms with E-state index in [0.29, 0.717) is 25.2 Å². The summed E-state index contributed by atoms with van der Waals surface area (Å²) in [7, 11) is 0. The molecular weight excluding hydrogens is 251 g/mol. The molecule has 0 spiro atoms. The number of carbonyl (C=O) groups is 2. The Labute approximate surface area is 110 Å². The van der Waals surface area contributed by atoms with Gasteiger partial charge < -0.3 is 14.2 Å². The minimum absolute atomic E-state index is 0.147. The minimum Gasteiger partial charge on any atom is -0.472 e. The molecule has 2 rings (SSSR count). The number of rotatable bonds is 2. The minimum atomic E-state index is -0.971. The molecule has 0 N–H and O–H groups in total. The van der Waals surface area contributed by atoms with Crippen LogP contribution in [0.15, 0.2) is 35.4 Å². The van der Waals surface area contributed by atoms with Crippen molar-refractivity contribution in [1.82, 2.24) is 9.80 Å². The van der Waals surface area contributed by atoms with Crippen molar-refractivity contribution >= 4 is 11.8 Å². The highest BCUT2D eigenvalue weighted by atomic mass is 19.1. The summed E-state index contributed by atoms with van der Waals surface area (Å²) < 4.78 is 17.7. The van der Waals surface area contributed by atoms with Gasteiger partial charge in [-0.15, -0.1) is 0 Å². The van der Waals surface area contributed by atoms with Gasteiger partial charge in [0.1, 0.15) is 6.26 Å². The number of hydrogen-bond acceptors (Lipinski definition) is 3. The SMILES string of the molecule is C=C(F)C(=O)N1CCN(C(=O)c2ccoc2)CC1C. The summed E-state index contributed by atoms with van der Waals surface area (Å²) >= 11 is 0. The molecule has 1 unspecified atom stereocenters. The van der Waals surface area contributed by atoms with E-state index in [1.54, 1.807) is 17.9 Å². The van der Waals surface area contributed by atoms with Gasteiger partial charge in [0.15, 0.2) is 5.83 Å². The van der Waals surface area contributed by atoms with Crippen LogP contribution in [0, 0.1) is 0 Å². The fraction of sp³-hybridized carbons (Fsp3) is 0.385. The second-order valence-electron chi connectivity index (χ2n) is 4.52. The van der Waals surface area contributed by atoms with Crippen LogP contribution in [0.1, 0.15) is 17.3 Å². The lowest BCUT2D eigenvalue weighted by atomic mass is 10.1. The number of carbonyl (C=O) groups excluding carboxylic acids is 2. The predicted octanol–water partition coefficient (Wildman–Crippen LogP) is 1.44. The zero-order chi connectivity index (χ0) is 14.0. The number of piperazine rings is 1. The lowest BCUT2D eigenvalue weighted by Crippen LogP contribution is -2.55. The maximum Gasteiger partial charge on any atom is 0.282 e. The van der Waals surface area contributed by atoms with Crippen molar-refractivity contribution in [2.75, 3.05) is 19.6 Å². The lowest BCUT2D eigenvalue weighted by Gasteiger charge is -2.39. The predicted molar refractivity (Wildman–Crippen MR) is 66.0 cm³/mol. The second kappa shape index (κ2) is 5.26. The Kier molecular flexibility index (Phi) is 3.69. The van der Waals surface area contributed by atoms with Crippen LogP contribution >= 0.6 is 0 Å². The van der Waals surface area contributed by atoms with E-state index < -0.39 is 11.7 Å². The van der Waals surface area contributed by atoms with E-state index in [4.69, 9.17) is 4.42 Å². The average molecular weight is 266 g/mol. The Bertz CT molecular complexity index is 498. The van der Waals surface area contributed by atoms with Crippen LogP contribution in [-0.4, -0.2) is 47.3 Å². The van der Waals surface area contributed by atoms with Crippen LogP contribution in [0.4, 0.5) is 4.39 Å². The molecule has 1 aromatic heterocycles. The van der Waals surface area contributed by atoms with E-state index in [1.807, 2.05) is 0 Å². The Morgan fingerprint density at radius 2 is 2.21 bits per heavy atom. The summed E-state index contributed by atoms with van der Waals surface area (Å²) in [4.78, 5) is 26.6. The molecule has 6 heteroatoms. The van der Waals surface area contributed by atoms with Crippen LogP contribution < -0.4 is 0 Å². The first-order valence-electron chi connectivity index (χ1n) is 5.97. The molecule has 102 valence electrons. The van der Waals surface area contributed by atoms with Crippen molar-refractivity contribution in [3.05, 3.63) is 36.6 Å². The fourth-order valence-corrected chi connectivity index (χ4v) is 2.17. The highest BCUT2D eigenvalue weighted by Crippen LogP contribution is 2.15. The molecule has 19 heavy (non-hydrogen) atoms. The standard InChI is InChI=1S/C13H15FN2O3/c1-9-7-15(13(18)11-3-6-19-8-11)4-5-16(9)12(17)10(2)14/h3,6,8-9H,2,4-5,7H2,1H3. The monoisotopic (exact) mass is 266 g/mol. The van der Waals surface area contributed by atoms with Gasteiger partial charge in [-0.05, 0) is 13.0 Å². The molecule has 1 saturated heterocycles. The highest BCUT2D eigenvalue weighted by Gasteiger charge is 2.31. The lowest BCUT2D eigenvalue weighted by molar-refractivity contribution is -0.132. The largest absolute Gasteiger partial charge is 0.472 e. The molecule has 5 nitrogen and oxygen atoms in total. The van der Waals surface area contributed by atoms with Crippen molar-refractivity contribution in [3.8, 4) is 0 Å². The summed E-state index contributed by atoms with van der Waals surface area (Å²) in [5.74, 6) is -1.82. The zero-order valence-corrected chi connectivity index (χ0v) is 10.6. The van der Waals surface area contributed by atoms with Gasteiger partial charge in [-0.2, -0.15) is 0 Å². The van der Waals surface area contributed by atoms with E-state index in [2.05, 4.69) is 6.58 Å². The van der Waals surface area contributed by atoms with Crippen LogP contribution in [0.25, 0.3) is 0 Å². The zero-order valence-electron chi connectivity index (χ0n) is 10.6. The van der Waals surface area contributed by atoms with Crippen molar-refractivity contribution in [2.45, 2.75) is 13.0 Å². The summed E-state index contributed by atoms with van der Waals surface area (Å²) in [5, 5.41) is 0. The topological polar surface area (TPSA) is 53.8 Å². The summed E-state index contributed by atoms with van der Waals surface area (Å²) in [6.07, 6.45) is 2.82. The number of hydrogen-bond donors (Lipinski definition) is 0. The molecule has 1 aliphatic heterocycles. The first-order valence-corrected chi connectivity index (χ1v) is 5.97. The van der Waals surface area contributed by atoms with E-state index >= 15 is 0 Å². The highest BCUT2D eigenvalue weighted by molar-refractivity contribution is 5.94. The van der Waals surface area contributed by atoms with Crippen LogP contribution in [-0.2, 0) is 4.79 Å². The second-order valence-corrected chi connectivity index (χ2v) is 4.52. The normalized spacial score (nSPS) is 19.4. The Morgan fingerprint density at radius 1 is 1.47 bits per heavy atom. The van der Waals surface area contributed by atoms with Crippen LogP contribution in [0.3, 0.4) is 0 Å². The third-order valence-electron chi connectivity index (χ3n) is 3.18. The molecular formula is C13H15FN2O3. The van der Waals surface area contributed by atoms with Gasteiger partial charge in [0.05, 0.1) is 11.8 Å². The maximum absolute atomic E-state index is 12.9. The molecule has 0 aromatic carbocycles. The first-order chi connectivity index (χ1) is 9.00. The molecule has 2 heterocycles. The Morgan fingerprint density at radius 3 is 2.74 bits per heavy atom. The Balaban J connectivity index is 2.02. The molecule has 2 amide bonds. The molecule has 1 atom stereocenters. The molecule has 0 radical (unpaired) electrons. The van der Waals surface area contributed by atoms with E-state index in [9.17, 15) is 14.0 Å². The molecule has 1 aliphatic rings. The van der Waals surface area contributed by atoms with Crippen molar-refractivity contribution in [1.29, 1.82) is 0 Å².